The van der Waals surface area contributed by atoms with Gasteiger partial charge in [0.2, 0.25) is 0 Å². The zero-order valence-electron chi connectivity index (χ0n) is 15.7. The van der Waals surface area contributed by atoms with E-state index in [1.54, 1.807) is 29.0 Å². The van der Waals surface area contributed by atoms with Gasteiger partial charge in [-0.25, -0.2) is 13.9 Å². The number of halogens is 1. The van der Waals surface area contributed by atoms with E-state index in [1.807, 2.05) is 19.9 Å². The summed E-state index contributed by atoms with van der Waals surface area (Å²) in [5.74, 6) is -0.226. The number of aromatic nitrogens is 4. The molecule has 7 heteroatoms. The number of aryl methyl sites for hydroxylation is 2. The Balaban J connectivity index is 1.50. The average molecular weight is 377 g/mol. The molecule has 142 valence electrons. The highest BCUT2D eigenvalue weighted by atomic mass is 19.1. The fourth-order valence-electron chi connectivity index (χ4n) is 3.77. The Bertz CT molecular complexity index is 1180. The van der Waals surface area contributed by atoms with Crippen LogP contribution in [0.5, 0.6) is 0 Å². The van der Waals surface area contributed by atoms with Crippen LogP contribution in [0, 0.1) is 25.6 Å². The van der Waals surface area contributed by atoms with E-state index >= 15 is 0 Å². The molecule has 1 saturated carbocycles. The van der Waals surface area contributed by atoms with Crippen molar-refractivity contribution in [3.8, 4) is 0 Å². The minimum absolute atomic E-state index is 0.184. The zero-order valence-corrected chi connectivity index (χ0v) is 15.7. The van der Waals surface area contributed by atoms with Crippen LogP contribution in [-0.2, 0) is 0 Å². The van der Waals surface area contributed by atoms with Gasteiger partial charge in [0.05, 0.1) is 17.3 Å². The third-order valence-electron chi connectivity index (χ3n) is 5.48. The number of carbonyl (C=O) groups excluding carboxylic acids is 1. The van der Waals surface area contributed by atoms with Crippen molar-refractivity contribution in [3.63, 3.8) is 0 Å². The molecule has 0 radical (unpaired) electrons. The highest BCUT2D eigenvalue weighted by Crippen LogP contribution is 2.41. The number of nitrogens with one attached hydrogen (secondary N) is 2. The van der Waals surface area contributed by atoms with Gasteiger partial charge in [0.1, 0.15) is 11.5 Å². The van der Waals surface area contributed by atoms with Crippen molar-refractivity contribution in [2.45, 2.75) is 32.7 Å². The maximum atomic E-state index is 14.1. The lowest BCUT2D eigenvalue weighted by atomic mass is 10.0. The van der Waals surface area contributed by atoms with Crippen LogP contribution >= 0.6 is 0 Å². The summed E-state index contributed by atoms with van der Waals surface area (Å²) >= 11 is 0. The van der Waals surface area contributed by atoms with Crippen molar-refractivity contribution in [1.82, 2.24) is 24.9 Å². The number of carbonyl (C=O) groups is 1. The van der Waals surface area contributed by atoms with Gasteiger partial charge in [0.25, 0.3) is 5.91 Å². The molecule has 0 saturated heterocycles. The first kappa shape index (κ1) is 16.9. The second-order valence-corrected chi connectivity index (χ2v) is 7.57. The standard InChI is InChI=1S/C21H20FN5O/c1-11-3-6-15(22)14-10-16(24-18(11)14)21(28)25-20(13-4-5-13)19-12(2)9-17-23-7-8-27(17)26-19/h3,6-10,13,20,24H,4-5H2,1-2H3,(H,25,28). The molecule has 5 rings (SSSR count). The van der Waals surface area contributed by atoms with Gasteiger partial charge in [0, 0.05) is 17.8 Å². The second-order valence-electron chi connectivity index (χ2n) is 7.57. The van der Waals surface area contributed by atoms with E-state index < -0.39 is 0 Å². The van der Waals surface area contributed by atoms with Crippen LogP contribution < -0.4 is 5.32 Å². The lowest BCUT2D eigenvalue weighted by Crippen LogP contribution is -2.31. The smallest absolute Gasteiger partial charge is 0.268 e. The lowest BCUT2D eigenvalue weighted by Gasteiger charge is -2.19. The molecule has 0 bridgehead atoms. The van der Waals surface area contributed by atoms with Crippen LogP contribution in [-0.4, -0.2) is 25.5 Å². The number of hydrogen-bond acceptors (Lipinski definition) is 3. The summed E-state index contributed by atoms with van der Waals surface area (Å²) in [6.45, 7) is 3.88. The van der Waals surface area contributed by atoms with Gasteiger partial charge in [-0.3, -0.25) is 4.79 Å². The molecule has 2 N–H and O–H groups in total. The van der Waals surface area contributed by atoms with Crippen molar-refractivity contribution in [3.05, 3.63) is 65.0 Å². The van der Waals surface area contributed by atoms with Gasteiger partial charge in [-0.15, -0.1) is 0 Å². The molecule has 1 aromatic carbocycles. The number of nitrogens with zero attached hydrogens (tertiary/aromatic N) is 3. The molecular formula is C21H20FN5O. The molecule has 0 aliphatic heterocycles. The van der Waals surface area contributed by atoms with Crippen molar-refractivity contribution < 1.29 is 9.18 Å². The van der Waals surface area contributed by atoms with Crippen molar-refractivity contribution >= 4 is 22.5 Å². The van der Waals surface area contributed by atoms with Gasteiger partial charge >= 0.3 is 0 Å². The number of amides is 1. The largest absolute Gasteiger partial charge is 0.350 e. The topological polar surface area (TPSA) is 75.1 Å². The first-order chi connectivity index (χ1) is 13.5. The van der Waals surface area contributed by atoms with E-state index in [9.17, 15) is 9.18 Å². The molecule has 1 fully saturated rings. The summed E-state index contributed by atoms with van der Waals surface area (Å²) in [5.41, 5.74) is 4.53. The Morgan fingerprint density at radius 3 is 2.86 bits per heavy atom. The molecule has 4 aromatic rings. The van der Waals surface area contributed by atoms with Crippen LogP contribution in [0.3, 0.4) is 0 Å². The van der Waals surface area contributed by atoms with Crippen LogP contribution in [0.1, 0.15) is 46.2 Å². The summed E-state index contributed by atoms with van der Waals surface area (Å²) in [6.07, 6.45) is 5.61. The first-order valence-electron chi connectivity index (χ1n) is 9.41. The predicted molar refractivity (Wildman–Crippen MR) is 104 cm³/mol. The minimum atomic E-state index is -0.335. The zero-order chi connectivity index (χ0) is 19.4. The number of fused-ring (bicyclic) bond motifs is 2. The Labute approximate surface area is 160 Å². The van der Waals surface area contributed by atoms with Gasteiger partial charge < -0.3 is 10.3 Å². The summed E-state index contributed by atoms with van der Waals surface area (Å²) in [4.78, 5) is 20.3. The van der Waals surface area contributed by atoms with Gasteiger partial charge in [0.15, 0.2) is 5.65 Å². The Hall–Kier alpha value is -3.22. The van der Waals surface area contributed by atoms with E-state index in [-0.39, 0.29) is 17.8 Å². The molecule has 6 nitrogen and oxygen atoms in total. The van der Waals surface area contributed by atoms with Gasteiger partial charge in [-0.1, -0.05) is 6.07 Å². The molecule has 1 atom stereocenters. The number of benzene rings is 1. The molecule has 28 heavy (non-hydrogen) atoms. The Morgan fingerprint density at radius 1 is 1.29 bits per heavy atom. The third-order valence-corrected chi connectivity index (χ3v) is 5.48. The van der Waals surface area contributed by atoms with Crippen LogP contribution in [0.15, 0.2) is 36.7 Å². The first-order valence-corrected chi connectivity index (χ1v) is 9.41. The van der Waals surface area contributed by atoms with Crippen molar-refractivity contribution in [2.24, 2.45) is 5.92 Å². The van der Waals surface area contributed by atoms with E-state index in [0.717, 1.165) is 35.3 Å². The molecule has 1 unspecified atom stereocenters. The van der Waals surface area contributed by atoms with E-state index in [4.69, 9.17) is 0 Å². The summed E-state index contributed by atoms with van der Waals surface area (Å²) in [6, 6.07) is 6.50. The number of imidazole rings is 1. The fraction of sp³-hybridized carbons (Fsp3) is 0.286. The highest BCUT2D eigenvalue weighted by Gasteiger charge is 2.36. The monoisotopic (exact) mass is 377 g/mol. The normalized spacial score (nSPS) is 15.2. The van der Waals surface area contributed by atoms with Crippen LogP contribution in [0.2, 0.25) is 0 Å². The third kappa shape index (κ3) is 2.74. The molecule has 1 aliphatic rings. The highest BCUT2D eigenvalue weighted by molar-refractivity contribution is 5.99. The van der Waals surface area contributed by atoms with E-state index in [2.05, 4.69) is 20.4 Å². The molecule has 1 amide bonds. The van der Waals surface area contributed by atoms with Crippen LogP contribution in [0.4, 0.5) is 4.39 Å². The summed E-state index contributed by atoms with van der Waals surface area (Å²) in [5, 5.41) is 8.24. The van der Waals surface area contributed by atoms with Gasteiger partial charge in [-0.2, -0.15) is 5.10 Å². The van der Waals surface area contributed by atoms with E-state index in [1.165, 1.54) is 6.07 Å². The Morgan fingerprint density at radius 2 is 2.11 bits per heavy atom. The maximum absolute atomic E-state index is 14.1. The van der Waals surface area contributed by atoms with Crippen molar-refractivity contribution in [2.75, 3.05) is 0 Å². The fourth-order valence-corrected chi connectivity index (χ4v) is 3.77. The average Bonchev–Trinajstić information content (AvgIpc) is 3.23. The number of rotatable bonds is 4. The predicted octanol–water partition coefficient (Wildman–Crippen LogP) is 3.85. The van der Waals surface area contributed by atoms with Gasteiger partial charge in [-0.05, 0) is 61.9 Å². The molecule has 1 aliphatic carbocycles. The minimum Gasteiger partial charge on any atom is -0.350 e. The second kappa shape index (κ2) is 6.15. The number of H-pyrrole nitrogens is 1. The summed E-state index contributed by atoms with van der Waals surface area (Å²) in [7, 11) is 0. The number of hydrogen-bond donors (Lipinski definition) is 2. The molecule has 3 aromatic heterocycles. The van der Waals surface area contributed by atoms with Crippen LogP contribution in [0.25, 0.3) is 16.6 Å². The molecule has 0 spiro atoms. The maximum Gasteiger partial charge on any atom is 0.268 e. The summed E-state index contributed by atoms with van der Waals surface area (Å²) < 4.78 is 15.8. The lowest BCUT2D eigenvalue weighted by molar-refractivity contribution is 0.0926. The van der Waals surface area contributed by atoms with Crippen molar-refractivity contribution in [1.29, 1.82) is 0 Å². The Kier molecular flexibility index (Phi) is 3.72. The van der Waals surface area contributed by atoms with E-state index in [0.29, 0.717) is 22.5 Å². The quantitative estimate of drug-likeness (QED) is 0.567. The number of aromatic amines is 1. The molecular weight excluding hydrogens is 357 g/mol. The molecule has 3 heterocycles. The SMILES string of the molecule is Cc1cc2nccn2nc1C(NC(=O)c1cc2c(F)ccc(C)c2[nH]1)C1CC1.